The number of benzene rings is 3. The smallest absolute Gasteiger partial charge is 0.269 e. The minimum atomic E-state index is -4.26. The van der Waals surface area contributed by atoms with Crippen molar-refractivity contribution in [2.24, 2.45) is 0 Å². The van der Waals surface area contributed by atoms with Crippen molar-refractivity contribution in [3.63, 3.8) is 0 Å². The molecule has 1 heterocycles. The Morgan fingerprint density at radius 3 is 2.19 bits per heavy atom. The predicted octanol–water partition coefficient (Wildman–Crippen LogP) is 5.49. The van der Waals surface area contributed by atoms with E-state index >= 15 is 0 Å². The molecule has 0 aliphatic carbocycles. The Morgan fingerprint density at radius 1 is 0.906 bits per heavy atom. The van der Waals surface area contributed by atoms with Gasteiger partial charge in [0.15, 0.2) is 5.75 Å². The third kappa shape index (κ3) is 4.62. The van der Waals surface area contributed by atoms with Crippen LogP contribution in [0.3, 0.4) is 0 Å². The summed E-state index contributed by atoms with van der Waals surface area (Å²) in [5.41, 5.74) is 0.778. The second-order valence-electron chi connectivity index (χ2n) is 6.89. The molecule has 0 unspecified atom stereocenters. The van der Waals surface area contributed by atoms with Crippen LogP contribution in [0.25, 0.3) is 10.9 Å². The van der Waals surface area contributed by atoms with Crippen molar-refractivity contribution in [1.82, 2.24) is 4.98 Å². The first-order valence-electron chi connectivity index (χ1n) is 9.07. The molecule has 0 aliphatic heterocycles. The van der Waals surface area contributed by atoms with E-state index < -0.39 is 25.7 Å². The summed E-state index contributed by atoms with van der Waals surface area (Å²) in [4.78, 5) is 3.19. The van der Waals surface area contributed by atoms with Crippen LogP contribution in [0.15, 0.2) is 76.7 Å². The molecule has 7 nitrogen and oxygen atoms in total. The molecule has 0 fully saturated rings. The Labute approximate surface area is 194 Å². The van der Waals surface area contributed by atoms with E-state index in [-0.39, 0.29) is 36.9 Å². The third-order valence-corrected chi connectivity index (χ3v) is 7.65. The van der Waals surface area contributed by atoms with Crippen molar-refractivity contribution in [1.29, 1.82) is 0 Å². The van der Waals surface area contributed by atoms with Crippen LogP contribution in [0.2, 0.25) is 10.0 Å². The number of aromatic nitrogens is 1. The fourth-order valence-electron chi connectivity index (χ4n) is 3.21. The molecule has 4 rings (SSSR count). The summed E-state index contributed by atoms with van der Waals surface area (Å²) >= 11 is 12.4. The summed E-state index contributed by atoms with van der Waals surface area (Å²) < 4.78 is 63.1. The second kappa shape index (κ2) is 8.42. The van der Waals surface area contributed by atoms with E-state index in [0.717, 1.165) is 0 Å². The summed E-state index contributed by atoms with van der Waals surface area (Å²) in [5, 5.41) is 0.478. The van der Waals surface area contributed by atoms with Gasteiger partial charge in [-0.25, -0.2) is 8.42 Å². The van der Waals surface area contributed by atoms with Gasteiger partial charge in [0.1, 0.15) is 11.5 Å². The maximum Gasteiger partial charge on any atom is 0.269 e. The summed E-state index contributed by atoms with van der Waals surface area (Å²) in [6.45, 7) is 0. The Hall–Kier alpha value is -2.56. The van der Waals surface area contributed by atoms with Gasteiger partial charge >= 0.3 is 0 Å². The van der Waals surface area contributed by atoms with E-state index in [1.165, 1.54) is 30.5 Å². The average Bonchev–Trinajstić information content (AvgIpc) is 3.14. The van der Waals surface area contributed by atoms with Gasteiger partial charge in [0.2, 0.25) is 9.84 Å². The maximum absolute atomic E-state index is 13.1. The molecule has 32 heavy (non-hydrogen) atoms. The first-order valence-corrected chi connectivity index (χ1v) is 12.9. The minimum absolute atomic E-state index is 0.0300. The summed E-state index contributed by atoms with van der Waals surface area (Å²) in [5.74, 6) is -0.314. The lowest BCUT2D eigenvalue weighted by Gasteiger charge is -2.12. The molecular formula is C21H15Cl2NO6S2. The molecule has 0 aliphatic rings. The molecule has 0 atom stereocenters. The number of ether oxygens (including phenoxy) is 1. The quantitative estimate of drug-likeness (QED) is 0.331. The van der Waals surface area contributed by atoms with Crippen LogP contribution >= 0.6 is 23.2 Å². The van der Waals surface area contributed by atoms with E-state index in [0.29, 0.717) is 10.9 Å². The highest BCUT2D eigenvalue weighted by Crippen LogP contribution is 2.39. The predicted molar refractivity (Wildman–Crippen MR) is 122 cm³/mol. The lowest BCUT2D eigenvalue weighted by Crippen LogP contribution is -2.02. The Kier molecular flexibility index (Phi) is 5.95. The molecule has 0 spiro atoms. The zero-order valence-corrected chi connectivity index (χ0v) is 19.3. The van der Waals surface area contributed by atoms with Gasteiger partial charge in [0, 0.05) is 17.1 Å². The van der Waals surface area contributed by atoms with Crippen molar-refractivity contribution in [3.8, 4) is 11.5 Å². The lowest BCUT2D eigenvalue weighted by atomic mass is 10.2. The maximum atomic E-state index is 13.1. The van der Waals surface area contributed by atoms with E-state index in [2.05, 4.69) is 4.98 Å². The largest absolute Gasteiger partial charge is 0.454 e. The zero-order valence-electron chi connectivity index (χ0n) is 16.1. The Morgan fingerprint density at radius 2 is 1.56 bits per heavy atom. The van der Waals surface area contributed by atoms with Crippen molar-refractivity contribution in [2.45, 2.75) is 15.5 Å². The number of sulfone groups is 1. The highest BCUT2D eigenvalue weighted by Gasteiger charge is 2.22. The van der Waals surface area contributed by atoms with Crippen LogP contribution in [-0.4, -0.2) is 26.4 Å². The van der Waals surface area contributed by atoms with Gasteiger partial charge in [-0.1, -0.05) is 41.4 Å². The molecule has 0 radical (unpaired) electrons. The van der Waals surface area contributed by atoms with Crippen LogP contribution in [0.5, 0.6) is 11.5 Å². The standard InChI is InChI=1S/C21H15Cl2NO6S2/c22-17-8-13(12-31(25,26)27)9-18(23)21(17)30-14-6-7-19-16(10-14)20(11-24-19)32(28,29)15-4-2-1-3-5-15/h1-11,24H,12H2,(H,25,26,27). The number of fused-ring (bicyclic) bond motifs is 1. The summed E-state index contributed by atoms with van der Waals surface area (Å²) in [6.07, 6.45) is 1.42. The van der Waals surface area contributed by atoms with Gasteiger partial charge in [0.05, 0.1) is 19.8 Å². The number of nitrogens with one attached hydrogen (secondary N) is 1. The number of hydrogen-bond donors (Lipinski definition) is 2. The van der Waals surface area contributed by atoms with E-state index in [9.17, 15) is 16.8 Å². The van der Waals surface area contributed by atoms with E-state index in [4.69, 9.17) is 32.5 Å². The molecule has 4 aromatic rings. The number of halogens is 2. The number of aromatic amines is 1. The molecule has 3 aromatic carbocycles. The van der Waals surface area contributed by atoms with Crippen LogP contribution in [0.1, 0.15) is 5.56 Å². The van der Waals surface area contributed by atoms with Gasteiger partial charge in [-0.3, -0.25) is 4.55 Å². The Bertz CT molecular complexity index is 1510. The van der Waals surface area contributed by atoms with Crippen molar-refractivity contribution in [2.75, 3.05) is 0 Å². The van der Waals surface area contributed by atoms with Gasteiger partial charge in [-0.05, 0) is 48.0 Å². The number of hydrogen-bond acceptors (Lipinski definition) is 5. The van der Waals surface area contributed by atoms with Gasteiger partial charge in [0.25, 0.3) is 10.1 Å². The first-order chi connectivity index (χ1) is 15.0. The molecule has 2 N–H and O–H groups in total. The Balaban J connectivity index is 1.72. The normalized spacial score (nSPS) is 12.2. The van der Waals surface area contributed by atoms with Crippen molar-refractivity contribution >= 4 is 54.1 Å². The van der Waals surface area contributed by atoms with E-state index in [1.54, 1.807) is 36.4 Å². The molecule has 0 saturated carbocycles. The van der Waals surface area contributed by atoms with Crippen LogP contribution < -0.4 is 4.74 Å². The molecule has 0 bridgehead atoms. The monoisotopic (exact) mass is 511 g/mol. The summed E-state index contributed by atoms with van der Waals surface area (Å²) in [6, 6.07) is 15.5. The molecule has 11 heteroatoms. The number of H-pyrrole nitrogens is 1. The fraction of sp³-hybridized carbons (Fsp3) is 0.0476. The lowest BCUT2D eigenvalue weighted by molar-refractivity contribution is 0.479. The SMILES string of the molecule is O=S(=O)(O)Cc1cc(Cl)c(Oc2ccc3[nH]cc(S(=O)(=O)c4ccccc4)c3c2)c(Cl)c1. The first kappa shape index (κ1) is 22.6. The molecule has 0 amide bonds. The molecule has 0 saturated heterocycles. The van der Waals surface area contributed by atoms with Crippen molar-refractivity contribution in [3.05, 3.63) is 82.5 Å². The van der Waals surface area contributed by atoms with Crippen LogP contribution in [-0.2, 0) is 25.7 Å². The third-order valence-electron chi connectivity index (χ3n) is 4.59. The fourth-order valence-corrected chi connectivity index (χ4v) is 5.85. The van der Waals surface area contributed by atoms with Crippen LogP contribution in [0, 0.1) is 0 Å². The van der Waals surface area contributed by atoms with Crippen molar-refractivity contribution < 1.29 is 26.1 Å². The number of rotatable bonds is 6. The molecule has 166 valence electrons. The molecule has 1 aromatic heterocycles. The highest BCUT2D eigenvalue weighted by atomic mass is 35.5. The van der Waals surface area contributed by atoms with E-state index in [1.807, 2.05) is 0 Å². The van der Waals surface area contributed by atoms with Crippen LogP contribution in [0.4, 0.5) is 0 Å². The topological polar surface area (TPSA) is 114 Å². The average molecular weight is 512 g/mol. The van der Waals surface area contributed by atoms with Gasteiger partial charge < -0.3 is 9.72 Å². The van der Waals surface area contributed by atoms with Gasteiger partial charge in [-0.15, -0.1) is 0 Å². The van der Waals surface area contributed by atoms with Gasteiger partial charge in [-0.2, -0.15) is 8.42 Å². The zero-order chi connectivity index (χ0) is 23.1. The second-order valence-corrected chi connectivity index (χ2v) is 11.1. The molecular weight excluding hydrogens is 497 g/mol. The highest BCUT2D eigenvalue weighted by molar-refractivity contribution is 7.91. The summed E-state index contributed by atoms with van der Waals surface area (Å²) in [7, 11) is -8.03. The minimum Gasteiger partial charge on any atom is -0.454 e.